The number of para-hydroxylation sites is 5. The van der Waals surface area contributed by atoms with Crippen molar-refractivity contribution in [2.75, 3.05) is 14.7 Å². The van der Waals surface area contributed by atoms with Crippen molar-refractivity contribution in [3.05, 3.63) is 332 Å². The Morgan fingerprint density at radius 2 is 0.566 bits per heavy atom. The van der Waals surface area contributed by atoms with Crippen LogP contribution in [-0.4, -0.2) is 0 Å². The van der Waals surface area contributed by atoms with E-state index in [1.165, 1.54) is 55.6 Å². The zero-order valence-corrected chi connectivity index (χ0v) is 41.8. The van der Waals surface area contributed by atoms with Gasteiger partial charge in [0.2, 0.25) is 0 Å². The number of hydrogen-bond donors (Lipinski definition) is 0. The van der Waals surface area contributed by atoms with Crippen LogP contribution in [0.1, 0.15) is 22.3 Å². The van der Waals surface area contributed by atoms with Gasteiger partial charge in [0, 0.05) is 34.0 Å². The van der Waals surface area contributed by atoms with Gasteiger partial charge in [-0.1, -0.05) is 224 Å². The third-order valence-corrected chi connectivity index (χ3v) is 15.4. The lowest BCUT2D eigenvalue weighted by Crippen LogP contribution is -2.26. The highest BCUT2D eigenvalue weighted by Gasteiger charge is 2.52. The molecule has 0 amide bonds. The second kappa shape index (κ2) is 18.8. The lowest BCUT2D eigenvalue weighted by Gasteiger charge is -2.34. The summed E-state index contributed by atoms with van der Waals surface area (Å²) < 4.78 is 0. The lowest BCUT2D eigenvalue weighted by molar-refractivity contribution is 0.794. The molecule has 0 fully saturated rings. The van der Waals surface area contributed by atoms with Crippen molar-refractivity contribution >= 4 is 51.2 Å². The third-order valence-electron chi connectivity index (χ3n) is 15.4. The number of hydrogen-bond acceptors (Lipinski definition) is 3. The third kappa shape index (κ3) is 7.35. The van der Waals surface area contributed by atoms with E-state index in [2.05, 4.69) is 324 Å². The standard InChI is InChI=1S/C73H51N3/c1-7-26-52(27-8-1)62-38-21-24-45-71(62)76(61-49-59(74(54-30-11-3-12-31-54)55-32-13-4-14-33-55)48-60(50-61)75(56-34-15-5-16-35-56)57-36-17-6-18-37-57)58-46-47-66-70(51-58)73(67-42-22-19-39-64(67)65-40-20-23-43-68(65)73)69-44-25-41-63(72(66)69)53-28-9-2-10-29-53/h1-51H. The van der Waals surface area contributed by atoms with E-state index in [1.54, 1.807) is 0 Å². The Balaban J connectivity index is 1.09. The topological polar surface area (TPSA) is 9.72 Å². The maximum absolute atomic E-state index is 2.52. The summed E-state index contributed by atoms with van der Waals surface area (Å²) in [5.74, 6) is 0. The van der Waals surface area contributed by atoms with Gasteiger partial charge in [0.25, 0.3) is 0 Å². The van der Waals surface area contributed by atoms with Crippen LogP contribution in [0.25, 0.3) is 44.5 Å². The van der Waals surface area contributed by atoms with Crippen molar-refractivity contribution in [3.8, 4) is 44.5 Å². The molecule has 12 aromatic rings. The lowest BCUT2D eigenvalue weighted by atomic mass is 9.70. The van der Waals surface area contributed by atoms with Crippen LogP contribution < -0.4 is 14.7 Å². The van der Waals surface area contributed by atoms with Crippen LogP contribution in [-0.2, 0) is 5.41 Å². The summed E-state index contributed by atoms with van der Waals surface area (Å²) in [5, 5.41) is 0. The highest BCUT2D eigenvalue weighted by Crippen LogP contribution is 2.65. The van der Waals surface area contributed by atoms with Crippen molar-refractivity contribution in [2.24, 2.45) is 0 Å². The summed E-state index contributed by atoms with van der Waals surface area (Å²) in [6.07, 6.45) is 0. The van der Waals surface area contributed by atoms with E-state index >= 15 is 0 Å². The molecule has 2 aliphatic carbocycles. The van der Waals surface area contributed by atoms with Gasteiger partial charge in [-0.15, -0.1) is 0 Å². The summed E-state index contributed by atoms with van der Waals surface area (Å²) in [6, 6.07) is 113. The predicted octanol–water partition coefficient (Wildman–Crippen LogP) is 19.8. The van der Waals surface area contributed by atoms with E-state index in [0.29, 0.717) is 0 Å². The molecule has 1 spiro atoms. The second-order valence-electron chi connectivity index (χ2n) is 19.6. The van der Waals surface area contributed by atoms with E-state index in [1.807, 2.05) is 0 Å². The fourth-order valence-electron chi connectivity index (χ4n) is 12.3. The molecule has 0 atom stereocenters. The Morgan fingerprint density at radius 3 is 1.05 bits per heavy atom. The molecule has 0 bridgehead atoms. The van der Waals surface area contributed by atoms with Gasteiger partial charge in [-0.25, -0.2) is 0 Å². The Hall–Kier alpha value is -9.96. The average Bonchev–Trinajstić information content (AvgIpc) is 4.18. The summed E-state index contributed by atoms with van der Waals surface area (Å²) in [7, 11) is 0. The first-order valence-electron chi connectivity index (χ1n) is 26.2. The molecule has 3 nitrogen and oxygen atoms in total. The number of nitrogens with zero attached hydrogens (tertiary/aromatic N) is 3. The van der Waals surface area contributed by atoms with Gasteiger partial charge in [0.05, 0.1) is 28.2 Å². The summed E-state index contributed by atoms with van der Waals surface area (Å²) in [5.41, 5.74) is 23.8. The minimum Gasteiger partial charge on any atom is -0.310 e. The minimum absolute atomic E-state index is 0.592. The largest absolute Gasteiger partial charge is 0.310 e. The Labute approximate surface area is 445 Å². The molecule has 358 valence electrons. The smallest absolute Gasteiger partial charge is 0.0726 e. The molecule has 12 aromatic carbocycles. The number of rotatable bonds is 11. The average molecular weight is 970 g/mol. The van der Waals surface area contributed by atoms with Gasteiger partial charge in [-0.2, -0.15) is 0 Å². The molecule has 0 saturated carbocycles. The Kier molecular flexibility index (Phi) is 11.1. The zero-order valence-electron chi connectivity index (χ0n) is 41.8. The molecular weight excluding hydrogens is 919 g/mol. The Morgan fingerprint density at radius 1 is 0.197 bits per heavy atom. The molecule has 0 saturated heterocycles. The maximum Gasteiger partial charge on any atom is 0.0726 e. The maximum atomic E-state index is 2.52. The first kappa shape index (κ1) is 44.7. The quantitative estimate of drug-likeness (QED) is 0.128. The molecule has 0 aliphatic heterocycles. The van der Waals surface area contributed by atoms with Crippen LogP contribution in [0, 0.1) is 0 Å². The van der Waals surface area contributed by atoms with Crippen LogP contribution in [0.3, 0.4) is 0 Å². The van der Waals surface area contributed by atoms with Crippen molar-refractivity contribution in [2.45, 2.75) is 5.41 Å². The second-order valence-corrected chi connectivity index (χ2v) is 19.6. The van der Waals surface area contributed by atoms with Gasteiger partial charge in [-0.3, -0.25) is 0 Å². The van der Waals surface area contributed by atoms with E-state index in [4.69, 9.17) is 0 Å². The van der Waals surface area contributed by atoms with Gasteiger partial charge < -0.3 is 14.7 Å². The van der Waals surface area contributed by atoms with Crippen molar-refractivity contribution in [3.63, 3.8) is 0 Å². The highest BCUT2D eigenvalue weighted by molar-refractivity contribution is 6.02. The van der Waals surface area contributed by atoms with Crippen LogP contribution in [0.15, 0.2) is 309 Å². The first-order chi connectivity index (χ1) is 37.7. The molecule has 3 heteroatoms. The van der Waals surface area contributed by atoms with Gasteiger partial charge in [0.1, 0.15) is 0 Å². The van der Waals surface area contributed by atoms with Crippen LogP contribution in [0.5, 0.6) is 0 Å². The highest BCUT2D eigenvalue weighted by atomic mass is 15.2. The molecule has 0 N–H and O–H groups in total. The fourth-order valence-corrected chi connectivity index (χ4v) is 12.3. The van der Waals surface area contributed by atoms with Crippen LogP contribution >= 0.6 is 0 Å². The molecule has 0 heterocycles. The molecule has 0 radical (unpaired) electrons. The minimum atomic E-state index is -0.592. The van der Waals surface area contributed by atoms with E-state index in [-0.39, 0.29) is 0 Å². The molecule has 0 aromatic heterocycles. The van der Waals surface area contributed by atoms with Gasteiger partial charge in [0.15, 0.2) is 0 Å². The monoisotopic (exact) mass is 969 g/mol. The van der Waals surface area contributed by atoms with Crippen molar-refractivity contribution in [1.29, 1.82) is 0 Å². The van der Waals surface area contributed by atoms with Gasteiger partial charge in [-0.05, 0) is 146 Å². The number of fused-ring (bicyclic) bond motifs is 10. The summed E-state index contributed by atoms with van der Waals surface area (Å²) >= 11 is 0. The fraction of sp³-hybridized carbons (Fsp3) is 0.0137. The molecule has 2 aliphatic rings. The van der Waals surface area contributed by atoms with E-state index in [9.17, 15) is 0 Å². The predicted molar refractivity (Wildman–Crippen MR) is 318 cm³/mol. The SMILES string of the molecule is c1ccc(-c2ccccc2N(c2cc(N(c3ccccc3)c3ccccc3)cc(N(c3ccccc3)c3ccccc3)c2)c2ccc3c(c2)C2(c4ccccc4-c4ccccc42)c2cccc(-c4ccccc4)c2-3)cc1. The van der Waals surface area contributed by atoms with Gasteiger partial charge >= 0.3 is 0 Å². The Bertz CT molecular complexity index is 3820. The summed E-state index contributed by atoms with van der Waals surface area (Å²) in [6.45, 7) is 0. The normalized spacial score (nSPS) is 12.3. The zero-order chi connectivity index (χ0) is 50.4. The van der Waals surface area contributed by atoms with E-state index < -0.39 is 5.41 Å². The molecule has 14 rings (SSSR count). The summed E-state index contributed by atoms with van der Waals surface area (Å²) in [4.78, 5) is 7.28. The van der Waals surface area contributed by atoms with Crippen molar-refractivity contribution in [1.82, 2.24) is 0 Å². The molecular formula is C73H51N3. The van der Waals surface area contributed by atoms with Crippen molar-refractivity contribution < 1.29 is 0 Å². The first-order valence-corrected chi connectivity index (χ1v) is 26.2. The number of benzene rings is 12. The molecule has 76 heavy (non-hydrogen) atoms. The van der Waals surface area contributed by atoms with Crippen LogP contribution in [0.2, 0.25) is 0 Å². The van der Waals surface area contributed by atoms with Crippen LogP contribution in [0.4, 0.5) is 51.2 Å². The molecule has 0 unspecified atom stereocenters. The van der Waals surface area contributed by atoms with E-state index in [0.717, 1.165) is 62.3 Å². The number of anilines is 9.